The zero-order valence-electron chi connectivity index (χ0n) is 14.3. The van der Waals surface area contributed by atoms with E-state index in [0.717, 1.165) is 28.7 Å². The van der Waals surface area contributed by atoms with E-state index in [1.165, 1.54) is 6.20 Å². The molecule has 4 rings (SSSR count). The third-order valence-electron chi connectivity index (χ3n) is 6.16. The third kappa shape index (κ3) is 1.64. The smallest absolute Gasteiger partial charge is 0.345 e. The number of hydrogen-bond acceptors (Lipinski definition) is 6. The molecule has 2 bridgehead atoms. The molecule has 126 valence electrons. The molecule has 7 heteroatoms. The van der Waals surface area contributed by atoms with Crippen LogP contribution in [0.4, 0.5) is 0 Å². The lowest BCUT2D eigenvalue weighted by Crippen LogP contribution is -2.32. The Morgan fingerprint density at radius 3 is 2.88 bits per heavy atom. The van der Waals surface area contributed by atoms with Crippen LogP contribution in [0.5, 0.6) is 0 Å². The van der Waals surface area contributed by atoms with Gasteiger partial charge in [-0.15, -0.1) is 0 Å². The first kappa shape index (κ1) is 15.2. The van der Waals surface area contributed by atoms with Gasteiger partial charge in [0, 0.05) is 11.3 Å². The number of nitrogens with zero attached hydrogens (tertiary/aromatic N) is 4. The summed E-state index contributed by atoms with van der Waals surface area (Å²) in [5.41, 5.74) is 1.15. The van der Waals surface area contributed by atoms with E-state index in [-0.39, 0.29) is 34.7 Å². The molecule has 2 aliphatic rings. The fourth-order valence-electron chi connectivity index (χ4n) is 4.31. The predicted molar refractivity (Wildman–Crippen MR) is 86.1 cm³/mol. The Morgan fingerprint density at radius 2 is 2.17 bits per heavy atom. The Bertz CT molecular complexity index is 933. The Hall–Kier alpha value is -2.31. The molecule has 0 aromatic carbocycles. The van der Waals surface area contributed by atoms with Gasteiger partial charge in [0.2, 0.25) is 0 Å². The summed E-state index contributed by atoms with van der Waals surface area (Å²) in [4.78, 5) is 33.3. The maximum absolute atomic E-state index is 12.6. The minimum Gasteiger partial charge on any atom is -0.462 e. The molecule has 24 heavy (non-hydrogen) atoms. The Labute approximate surface area is 139 Å². The van der Waals surface area contributed by atoms with Crippen LogP contribution in [0, 0.1) is 5.41 Å². The molecule has 1 saturated carbocycles. The van der Waals surface area contributed by atoms with Crippen LogP contribution in [0.1, 0.15) is 68.2 Å². The molecule has 2 aromatic rings. The van der Waals surface area contributed by atoms with Gasteiger partial charge in [0.25, 0.3) is 11.3 Å². The van der Waals surface area contributed by atoms with Crippen LogP contribution in [0.25, 0.3) is 5.78 Å². The van der Waals surface area contributed by atoms with E-state index >= 15 is 0 Å². The van der Waals surface area contributed by atoms with Crippen LogP contribution < -0.4 is 5.56 Å². The van der Waals surface area contributed by atoms with Crippen LogP contribution >= 0.6 is 0 Å². The van der Waals surface area contributed by atoms with E-state index in [1.807, 2.05) is 0 Å². The van der Waals surface area contributed by atoms with Crippen molar-refractivity contribution in [1.29, 1.82) is 0 Å². The largest absolute Gasteiger partial charge is 0.462 e. The molecule has 2 aromatic heterocycles. The number of fused-ring (bicyclic) bond motifs is 6. The molecule has 0 saturated heterocycles. The van der Waals surface area contributed by atoms with Crippen molar-refractivity contribution in [3.63, 3.8) is 0 Å². The van der Waals surface area contributed by atoms with Crippen LogP contribution in [0.3, 0.4) is 0 Å². The highest BCUT2D eigenvalue weighted by molar-refractivity contribution is 5.88. The first-order valence-corrected chi connectivity index (χ1v) is 8.29. The zero-order chi connectivity index (χ0) is 17.3. The minimum atomic E-state index is -0.680. The van der Waals surface area contributed by atoms with Crippen LogP contribution in [0.2, 0.25) is 0 Å². The number of ether oxygens (including phenoxy) is 1. The summed E-state index contributed by atoms with van der Waals surface area (Å²) in [6, 6.07) is 0. The lowest BCUT2D eigenvalue weighted by molar-refractivity contribution is 0.0523. The summed E-state index contributed by atoms with van der Waals surface area (Å²) in [6.45, 7) is 8.58. The van der Waals surface area contributed by atoms with E-state index in [0.29, 0.717) is 0 Å². The predicted octanol–water partition coefficient (Wildman–Crippen LogP) is 1.84. The quantitative estimate of drug-likeness (QED) is 0.782. The topological polar surface area (TPSA) is 86.4 Å². The fraction of sp³-hybridized carbons (Fsp3) is 0.588. The van der Waals surface area contributed by atoms with Gasteiger partial charge in [-0.2, -0.15) is 9.61 Å². The Balaban J connectivity index is 1.95. The molecule has 0 radical (unpaired) electrons. The molecule has 2 aliphatic carbocycles. The average Bonchev–Trinajstić information content (AvgIpc) is 2.86. The standard InChI is InChI=1S/C17H20N4O3/c1-5-24-14(23)9-8-18-15-19-12-11(20-21(15)13(9)22)10-6-7-17(12,4)16(10,2)3/h8,10H,5-7H2,1-4H3/t10-,17+/m1/s1. The van der Waals surface area contributed by atoms with E-state index in [1.54, 1.807) is 6.92 Å². The summed E-state index contributed by atoms with van der Waals surface area (Å²) >= 11 is 0. The van der Waals surface area contributed by atoms with Crippen molar-refractivity contribution >= 4 is 11.7 Å². The van der Waals surface area contributed by atoms with E-state index in [4.69, 9.17) is 4.74 Å². The second-order valence-electron chi connectivity index (χ2n) is 7.40. The number of carbonyl (C=O) groups is 1. The van der Waals surface area contributed by atoms with Gasteiger partial charge in [-0.05, 0) is 25.2 Å². The van der Waals surface area contributed by atoms with Crippen molar-refractivity contribution in [3.8, 4) is 0 Å². The molecule has 0 amide bonds. The molecule has 0 spiro atoms. The van der Waals surface area contributed by atoms with Crippen molar-refractivity contribution in [3.05, 3.63) is 33.5 Å². The van der Waals surface area contributed by atoms with Crippen LogP contribution in [0.15, 0.2) is 11.0 Å². The van der Waals surface area contributed by atoms with Gasteiger partial charge in [-0.25, -0.2) is 14.8 Å². The van der Waals surface area contributed by atoms with Crippen molar-refractivity contribution < 1.29 is 9.53 Å². The second kappa shape index (κ2) is 4.62. The summed E-state index contributed by atoms with van der Waals surface area (Å²) in [5.74, 6) is -0.176. The monoisotopic (exact) mass is 328 g/mol. The van der Waals surface area contributed by atoms with Gasteiger partial charge in [0.1, 0.15) is 5.56 Å². The molecular weight excluding hydrogens is 308 g/mol. The van der Waals surface area contributed by atoms with Crippen molar-refractivity contribution in [2.75, 3.05) is 6.61 Å². The SMILES string of the molecule is CCOC(=O)c1cnc2nc3c(nn2c1=O)[C@H]1CC[C@]3(C)C1(C)C. The summed E-state index contributed by atoms with van der Waals surface area (Å²) < 4.78 is 6.05. The lowest BCUT2D eigenvalue weighted by atomic mass is 9.70. The zero-order valence-corrected chi connectivity index (χ0v) is 14.3. The van der Waals surface area contributed by atoms with E-state index in [9.17, 15) is 9.59 Å². The molecule has 0 N–H and O–H groups in total. The second-order valence-corrected chi connectivity index (χ2v) is 7.40. The molecular formula is C17H20N4O3. The Morgan fingerprint density at radius 1 is 1.42 bits per heavy atom. The lowest BCUT2D eigenvalue weighted by Gasteiger charge is -2.33. The number of rotatable bonds is 2. The maximum atomic E-state index is 12.6. The molecule has 7 nitrogen and oxygen atoms in total. The number of carbonyl (C=O) groups excluding carboxylic acids is 1. The first-order chi connectivity index (χ1) is 11.3. The van der Waals surface area contributed by atoms with Gasteiger partial charge in [0.05, 0.1) is 24.2 Å². The van der Waals surface area contributed by atoms with E-state index < -0.39 is 11.5 Å². The van der Waals surface area contributed by atoms with Gasteiger partial charge in [0.15, 0.2) is 0 Å². The van der Waals surface area contributed by atoms with E-state index in [2.05, 4.69) is 35.8 Å². The molecule has 2 atom stereocenters. The highest BCUT2D eigenvalue weighted by atomic mass is 16.5. The molecule has 1 fully saturated rings. The number of aromatic nitrogens is 4. The molecule has 0 unspecified atom stereocenters. The maximum Gasteiger partial charge on any atom is 0.345 e. The minimum absolute atomic E-state index is 0.0420. The summed E-state index contributed by atoms with van der Waals surface area (Å²) in [6.07, 6.45) is 3.33. The summed E-state index contributed by atoms with van der Waals surface area (Å²) in [5, 5.41) is 4.55. The van der Waals surface area contributed by atoms with Crippen molar-refractivity contribution in [1.82, 2.24) is 19.6 Å². The fourth-order valence-corrected chi connectivity index (χ4v) is 4.31. The van der Waals surface area contributed by atoms with Gasteiger partial charge < -0.3 is 4.74 Å². The Kier molecular flexibility index (Phi) is 2.93. The number of hydrogen-bond donors (Lipinski definition) is 0. The summed E-state index contributed by atoms with van der Waals surface area (Å²) in [7, 11) is 0. The third-order valence-corrected chi connectivity index (χ3v) is 6.16. The molecule has 0 aliphatic heterocycles. The van der Waals surface area contributed by atoms with Gasteiger partial charge >= 0.3 is 5.97 Å². The highest BCUT2D eigenvalue weighted by Crippen LogP contribution is 2.66. The van der Waals surface area contributed by atoms with Crippen molar-refractivity contribution in [2.45, 2.75) is 51.9 Å². The first-order valence-electron chi connectivity index (χ1n) is 8.29. The number of esters is 1. The normalized spacial score (nSPS) is 26.6. The van der Waals surface area contributed by atoms with Gasteiger partial charge in [-0.3, -0.25) is 4.79 Å². The van der Waals surface area contributed by atoms with Crippen LogP contribution in [-0.4, -0.2) is 32.2 Å². The highest BCUT2D eigenvalue weighted by Gasteiger charge is 2.61. The van der Waals surface area contributed by atoms with Crippen LogP contribution in [-0.2, 0) is 10.2 Å². The average molecular weight is 328 g/mol. The molecule has 2 heterocycles. The van der Waals surface area contributed by atoms with Crippen molar-refractivity contribution in [2.24, 2.45) is 5.41 Å². The van der Waals surface area contributed by atoms with Gasteiger partial charge in [-0.1, -0.05) is 20.8 Å².